The van der Waals surface area contributed by atoms with Gasteiger partial charge in [-0.1, -0.05) is 62.4 Å². The number of fused-ring (bicyclic) bond motifs is 1. The second-order valence-electron chi connectivity index (χ2n) is 3.13. The van der Waals surface area contributed by atoms with E-state index < -0.39 is 0 Å². The molecule has 0 unspecified atom stereocenters. The monoisotopic (exact) mass is 232 g/mol. The molecule has 0 saturated heterocycles. The molecule has 2 aromatic carbocycles. The molecule has 1 heteroatoms. The summed E-state index contributed by atoms with van der Waals surface area (Å²) < 4.78 is 4.83. The van der Waals surface area contributed by atoms with Gasteiger partial charge < -0.3 is 4.74 Å². The number of rotatable bonds is 2. The normalized spacial score (nSPS) is 8.71. The highest BCUT2D eigenvalue weighted by Gasteiger charge is 1.85. The number of benzene rings is 2. The third kappa shape index (κ3) is 6.75. The summed E-state index contributed by atoms with van der Waals surface area (Å²) in [5.41, 5.74) is 0. The van der Waals surface area contributed by atoms with Gasteiger partial charge in [0.15, 0.2) is 0 Å². The smallest absolute Gasteiger partial charge is 0.0437 e. The Morgan fingerprint density at radius 2 is 1.00 bits per heavy atom. The van der Waals surface area contributed by atoms with Gasteiger partial charge in [-0.2, -0.15) is 0 Å². The van der Waals surface area contributed by atoms with Crippen LogP contribution in [0.2, 0.25) is 0 Å². The number of hydrogen-bond acceptors (Lipinski definition) is 1. The first-order chi connectivity index (χ1) is 8.38. The van der Waals surface area contributed by atoms with Crippen molar-refractivity contribution in [2.24, 2.45) is 0 Å². The Labute approximate surface area is 105 Å². The van der Waals surface area contributed by atoms with Gasteiger partial charge in [0.1, 0.15) is 0 Å². The van der Waals surface area contributed by atoms with Crippen molar-refractivity contribution in [2.75, 3.05) is 13.2 Å². The summed E-state index contributed by atoms with van der Waals surface area (Å²) in [6.45, 7) is 9.67. The average Bonchev–Trinajstić information content (AvgIpc) is 2.43. The van der Waals surface area contributed by atoms with E-state index in [4.69, 9.17) is 4.74 Å². The highest BCUT2D eigenvalue weighted by molar-refractivity contribution is 5.81. The predicted molar refractivity (Wildman–Crippen MR) is 77.5 cm³/mol. The molecule has 0 radical (unpaired) electrons. The standard InChI is InChI=1S/C10H8.C4H10O.C2H6/c1-2-6-10-8-4-3-7-9(10)5-1;1-3-5-4-2;1-2/h1-8H;3-4H2,1-2H3;1-2H3. The maximum absolute atomic E-state index is 4.83. The van der Waals surface area contributed by atoms with Crippen LogP contribution in [0.15, 0.2) is 48.5 Å². The zero-order valence-electron chi connectivity index (χ0n) is 11.4. The van der Waals surface area contributed by atoms with E-state index in [9.17, 15) is 0 Å². The van der Waals surface area contributed by atoms with Crippen LogP contribution in [0.3, 0.4) is 0 Å². The molecule has 17 heavy (non-hydrogen) atoms. The molecule has 0 aliphatic heterocycles. The lowest BCUT2D eigenvalue weighted by Crippen LogP contribution is -1.84. The molecule has 0 saturated carbocycles. The van der Waals surface area contributed by atoms with Gasteiger partial charge in [0.05, 0.1) is 0 Å². The molecule has 0 fully saturated rings. The van der Waals surface area contributed by atoms with Gasteiger partial charge in [-0.25, -0.2) is 0 Å². The Kier molecular flexibility index (Phi) is 10.3. The topological polar surface area (TPSA) is 9.23 Å². The van der Waals surface area contributed by atoms with Crippen molar-refractivity contribution in [3.63, 3.8) is 0 Å². The summed E-state index contributed by atoms with van der Waals surface area (Å²) >= 11 is 0. The van der Waals surface area contributed by atoms with Crippen molar-refractivity contribution in [2.45, 2.75) is 27.7 Å². The SMILES string of the molecule is CC.CCOCC.c1ccc2ccccc2c1. The predicted octanol–water partition coefficient (Wildman–Crippen LogP) is 4.91. The summed E-state index contributed by atoms with van der Waals surface area (Å²) in [6.07, 6.45) is 0. The molecule has 2 aromatic rings. The van der Waals surface area contributed by atoms with Crippen molar-refractivity contribution in [3.8, 4) is 0 Å². The van der Waals surface area contributed by atoms with Crippen LogP contribution in [0.4, 0.5) is 0 Å². The minimum atomic E-state index is 0.844. The van der Waals surface area contributed by atoms with Crippen LogP contribution in [0.5, 0.6) is 0 Å². The molecule has 0 N–H and O–H groups in total. The van der Waals surface area contributed by atoms with Gasteiger partial charge in [-0.05, 0) is 24.6 Å². The van der Waals surface area contributed by atoms with Gasteiger partial charge in [0.2, 0.25) is 0 Å². The fourth-order valence-corrected chi connectivity index (χ4v) is 1.34. The van der Waals surface area contributed by atoms with E-state index in [0.717, 1.165) is 13.2 Å². The van der Waals surface area contributed by atoms with Crippen molar-refractivity contribution >= 4 is 10.8 Å². The lowest BCUT2D eigenvalue weighted by atomic mass is 10.1. The highest BCUT2D eigenvalue weighted by Crippen LogP contribution is 2.11. The second-order valence-corrected chi connectivity index (χ2v) is 3.13. The van der Waals surface area contributed by atoms with Crippen LogP contribution in [0.1, 0.15) is 27.7 Å². The summed E-state index contributed by atoms with van der Waals surface area (Å²) in [4.78, 5) is 0. The number of ether oxygens (including phenoxy) is 1. The molecule has 0 heterocycles. The van der Waals surface area contributed by atoms with E-state index in [1.54, 1.807) is 0 Å². The van der Waals surface area contributed by atoms with Gasteiger partial charge in [0, 0.05) is 13.2 Å². The lowest BCUT2D eigenvalue weighted by Gasteiger charge is -1.92. The fraction of sp³-hybridized carbons (Fsp3) is 0.375. The minimum absolute atomic E-state index is 0.844. The number of hydrogen-bond donors (Lipinski definition) is 0. The Morgan fingerprint density at radius 3 is 1.18 bits per heavy atom. The van der Waals surface area contributed by atoms with E-state index in [1.807, 2.05) is 27.7 Å². The third-order valence-electron chi connectivity index (χ3n) is 2.07. The lowest BCUT2D eigenvalue weighted by molar-refractivity contribution is 0.162. The molecule has 0 aliphatic rings. The molecule has 0 atom stereocenters. The first-order valence-corrected chi connectivity index (χ1v) is 6.40. The van der Waals surface area contributed by atoms with E-state index in [2.05, 4.69) is 48.5 Å². The molecule has 0 spiro atoms. The van der Waals surface area contributed by atoms with E-state index in [0.29, 0.717) is 0 Å². The summed E-state index contributed by atoms with van der Waals surface area (Å²) in [5.74, 6) is 0. The zero-order valence-corrected chi connectivity index (χ0v) is 11.4. The summed E-state index contributed by atoms with van der Waals surface area (Å²) in [7, 11) is 0. The molecular weight excluding hydrogens is 208 g/mol. The quantitative estimate of drug-likeness (QED) is 0.715. The molecule has 0 amide bonds. The van der Waals surface area contributed by atoms with E-state index in [-0.39, 0.29) is 0 Å². The first-order valence-electron chi connectivity index (χ1n) is 6.40. The van der Waals surface area contributed by atoms with Gasteiger partial charge in [-0.15, -0.1) is 0 Å². The largest absolute Gasteiger partial charge is 0.382 e. The average molecular weight is 232 g/mol. The Hall–Kier alpha value is -1.34. The Balaban J connectivity index is 0.000000315. The van der Waals surface area contributed by atoms with Crippen LogP contribution >= 0.6 is 0 Å². The summed E-state index contributed by atoms with van der Waals surface area (Å²) in [6, 6.07) is 16.7. The zero-order chi connectivity index (χ0) is 12.9. The van der Waals surface area contributed by atoms with Crippen LogP contribution in [-0.4, -0.2) is 13.2 Å². The fourth-order valence-electron chi connectivity index (χ4n) is 1.34. The van der Waals surface area contributed by atoms with Crippen molar-refractivity contribution in [1.82, 2.24) is 0 Å². The highest BCUT2D eigenvalue weighted by atomic mass is 16.5. The van der Waals surface area contributed by atoms with Crippen LogP contribution in [0, 0.1) is 0 Å². The maximum Gasteiger partial charge on any atom is 0.0437 e. The van der Waals surface area contributed by atoms with E-state index in [1.165, 1.54) is 10.8 Å². The van der Waals surface area contributed by atoms with Crippen LogP contribution in [-0.2, 0) is 4.74 Å². The third-order valence-corrected chi connectivity index (χ3v) is 2.07. The minimum Gasteiger partial charge on any atom is -0.382 e. The van der Waals surface area contributed by atoms with Crippen LogP contribution < -0.4 is 0 Å². The second kappa shape index (κ2) is 11.2. The molecule has 0 aromatic heterocycles. The Bertz CT molecular complexity index is 314. The van der Waals surface area contributed by atoms with Crippen molar-refractivity contribution in [3.05, 3.63) is 48.5 Å². The van der Waals surface area contributed by atoms with Crippen LogP contribution in [0.25, 0.3) is 10.8 Å². The van der Waals surface area contributed by atoms with Gasteiger partial charge >= 0.3 is 0 Å². The van der Waals surface area contributed by atoms with Crippen molar-refractivity contribution in [1.29, 1.82) is 0 Å². The van der Waals surface area contributed by atoms with Crippen molar-refractivity contribution < 1.29 is 4.74 Å². The molecule has 0 aliphatic carbocycles. The Morgan fingerprint density at radius 1 is 0.706 bits per heavy atom. The molecule has 2 rings (SSSR count). The van der Waals surface area contributed by atoms with E-state index >= 15 is 0 Å². The molecule has 0 bridgehead atoms. The molecule has 1 nitrogen and oxygen atoms in total. The molecular formula is C16H24O. The first kappa shape index (κ1) is 15.7. The maximum atomic E-state index is 4.83. The van der Waals surface area contributed by atoms with Gasteiger partial charge in [0.25, 0.3) is 0 Å². The molecule has 94 valence electrons. The summed E-state index contributed by atoms with van der Waals surface area (Å²) in [5, 5.41) is 2.62. The van der Waals surface area contributed by atoms with Gasteiger partial charge in [-0.3, -0.25) is 0 Å².